The summed E-state index contributed by atoms with van der Waals surface area (Å²) in [6.45, 7) is 0. The van der Waals surface area contributed by atoms with Gasteiger partial charge in [-0.3, -0.25) is 4.79 Å². The highest BCUT2D eigenvalue weighted by Gasteiger charge is 2.23. The molecular weight excluding hydrogens is 255 g/mol. The lowest BCUT2D eigenvalue weighted by Gasteiger charge is -2.26. The van der Waals surface area contributed by atoms with Crippen molar-refractivity contribution >= 4 is 17.3 Å². The highest BCUT2D eigenvalue weighted by molar-refractivity contribution is 5.97. The molecular formula is C16H15FN2O. The number of nitrogens with one attached hydrogen (secondary N) is 2. The fourth-order valence-electron chi connectivity index (χ4n) is 2.40. The highest BCUT2D eigenvalue weighted by atomic mass is 19.1. The number of amides is 1. The Labute approximate surface area is 116 Å². The number of benzene rings is 2. The van der Waals surface area contributed by atoms with Gasteiger partial charge in [-0.15, -0.1) is 0 Å². The summed E-state index contributed by atoms with van der Waals surface area (Å²) < 4.78 is 12.8. The Morgan fingerprint density at radius 3 is 2.70 bits per heavy atom. The highest BCUT2D eigenvalue weighted by Crippen LogP contribution is 2.24. The number of aryl methyl sites for hydroxylation is 1. The largest absolute Gasteiger partial charge is 0.373 e. The van der Waals surface area contributed by atoms with Gasteiger partial charge in [0.1, 0.15) is 11.9 Å². The molecule has 1 aliphatic heterocycles. The van der Waals surface area contributed by atoms with Crippen molar-refractivity contribution in [3.63, 3.8) is 0 Å². The van der Waals surface area contributed by atoms with Crippen molar-refractivity contribution < 1.29 is 9.18 Å². The van der Waals surface area contributed by atoms with Crippen molar-refractivity contribution in [1.29, 1.82) is 0 Å². The van der Waals surface area contributed by atoms with Crippen LogP contribution in [0, 0.1) is 5.82 Å². The predicted octanol–water partition coefficient (Wildman–Crippen LogP) is 3.19. The van der Waals surface area contributed by atoms with Crippen LogP contribution in [0.5, 0.6) is 0 Å². The van der Waals surface area contributed by atoms with Crippen LogP contribution in [0.15, 0.2) is 48.5 Å². The molecule has 3 nitrogen and oxygen atoms in total. The van der Waals surface area contributed by atoms with Gasteiger partial charge in [-0.25, -0.2) is 4.39 Å². The third-order valence-electron chi connectivity index (χ3n) is 3.48. The molecule has 0 fully saturated rings. The molecule has 3 rings (SSSR count). The lowest BCUT2D eigenvalue weighted by molar-refractivity contribution is -0.117. The molecule has 2 aromatic rings. The summed E-state index contributed by atoms with van der Waals surface area (Å²) in [6.07, 6.45) is 1.63. The predicted molar refractivity (Wildman–Crippen MR) is 77.2 cm³/mol. The maximum absolute atomic E-state index is 12.8. The van der Waals surface area contributed by atoms with E-state index in [4.69, 9.17) is 0 Å². The van der Waals surface area contributed by atoms with Crippen LogP contribution in [-0.2, 0) is 11.2 Å². The van der Waals surface area contributed by atoms with Crippen LogP contribution >= 0.6 is 0 Å². The Morgan fingerprint density at radius 1 is 1.15 bits per heavy atom. The van der Waals surface area contributed by atoms with Crippen molar-refractivity contribution in [2.75, 3.05) is 10.6 Å². The number of hydrogen-bond acceptors (Lipinski definition) is 2. The zero-order chi connectivity index (χ0) is 13.9. The van der Waals surface area contributed by atoms with Gasteiger partial charge in [0.25, 0.3) is 0 Å². The Hall–Kier alpha value is -2.36. The fourth-order valence-corrected chi connectivity index (χ4v) is 2.40. The summed E-state index contributed by atoms with van der Waals surface area (Å²) in [5, 5.41) is 6.04. The molecule has 2 aromatic carbocycles. The summed E-state index contributed by atoms with van der Waals surface area (Å²) in [5.74, 6) is -0.404. The molecule has 1 atom stereocenters. The molecule has 102 valence electrons. The van der Waals surface area contributed by atoms with Gasteiger partial charge in [-0.1, -0.05) is 18.2 Å². The molecule has 0 aromatic heterocycles. The third kappa shape index (κ3) is 2.64. The molecule has 2 N–H and O–H groups in total. The topological polar surface area (TPSA) is 41.1 Å². The molecule has 1 heterocycles. The van der Waals surface area contributed by atoms with Gasteiger partial charge in [0.2, 0.25) is 5.91 Å². The Morgan fingerprint density at radius 2 is 1.90 bits per heavy atom. The van der Waals surface area contributed by atoms with Crippen LogP contribution in [0.2, 0.25) is 0 Å². The molecule has 0 bridgehead atoms. The molecule has 20 heavy (non-hydrogen) atoms. The number of fused-ring (bicyclic) bond motifs is 1. The molecule has 4 heteroatoms. The summed E-state index contributed by atoms with van der Waals surface area (Å²) >= 11 is 0. The number of halogens is 1. The second kappa shape index (κ2) is 5.33. The quantitative estimate of drug-likeness (QED) is 0.880. The third-order valence-corrected chi connectivity index (χ3v) is 3.48. The van der Waals surface area contributed by atoms with Crippen LogP contribution in [0.25, 0.3) is 0 Å². The van der Waals surface area contributed by atoms with E-state index in [9.17, 15) is 9.18 Å². The van der Waals surface area contributed by atoms with Crippen molar-refractivity contribution in [2.24, 2.45) is 0 Å². The number of para-hydroxylation sites is 1. The van der Waals surface area contributed by atoms with Gasteiger partial charge in [-0.2, -0.15) is 0 Å². The van der Waals surface area contributed by atoms with Crippen LogP contribution in [0.3, 0.4) is 0 Å². The molecule has 0 saturated carbocycles. The Balaban J connectivity index is 1.68. The number of anilines is 2. The molecule has 1 aliphatic rings. The average molecular weight is 270 g/mol. The van der Waals surface area contributed by atoms with E-state index in [0.29, 0.717) is 5.69 Å². The van der Waals surface area contributed by atoms with Crippen LogP contribution in [-0.4, -0.2) is 11.9 Å². The van der Waals surface area contributed by atoms with Crippen LogP contribution < -0.4 is 10.6 Å². The van der Waals surface area contributed by atoms with E-state index in [1.807, 2.05) is 18.2 Å². The van der Waals surface area contributed by atoms with E-state index < -0.39 is 0 Å². The normalized spacial score (nSPS) is 16.9. The maximum atomic E-state index is 12.8. The first kappa shape index (κ1) is 12.7. The fraction of sp³-hybridized carbons (Fsp3) is 0.188. The van der Waals surface area contributed by atoms with Crippen molar-refractivity contribution in [3.8, 4) is 0 Å². The monoisotopic (exact) mass is 270 g/mol. The SMILES string of the molecule is O=C(Nc1ccc(F)cc1)[C@@H]1CCc2ccccc2N1. The number of carbonyl (C=O) groups excluding carboxylic acids is 1. The molecule has 1 amide bonds. The summed E-state index contributed by atoms with van der Waals surface area (Å²) in [4.78, 5) is 12.2. The van der Waals surface area contributed by atoms with Crippen molar-refractivity contribution in [3.05, 3.63) is 59.9 Å². The minimum absolute atomic E-state index is 0.0916. The van der Waals surface area contributed by atoms with Gasteiger partial charge >= 0.3 is 0 Å². The van der Waals surface area contributed by atoms with Gasteiger partial charge in [0.05, 0.1) is 0 Å². The average Bonchev–Trinajstić information content (AvgIpc) is 2.49. The van der Waals surface area contributed by atoms with Gasteiger partial charge in [0, 0.05) is 11.4 Å². The number of hydrogen-bond donors (Lipinski definition) is 2. The molecule has 0 spiro atoms. The Bertz CT molecular complexity index is 625. The lowest BCUT2D eigenvalue weighted by atomic mass is 9.97. The first-order chi connectivity index (χ1) is 9.72. The maximum Gasteiger partial charge on any atom is 0.246 e. The smallest absolute Gasteiger partial charge is 0.246 e. The van der Waals surface area contributed by atoms with Crippen LogP contribution in [0.1, 0.15) is 12.0 Å². The van der Waals surface area contributed by atoms with Gasteiger partial charge in [-0.05, 0) is 48.7 Å². The summed E-state index contributed by atoms with van der Waals surface area (Å²) in [5.41, 5.74) is 2.85. The van der Waals surface area contributed by atoms with E-state index in [0.717, 1.165) is 18.5 Å². The van der Waals surface area contributed by atoms with Gasteiger partial charge in [0.15, 0.2) is 0 Å². The van der Waals surface area contributed by atoms with E-state index in [-0.39, 0.29) is 17.8 Å². The zero-order valence-electron chi connectivity index (χ0n) is 10.9. The van der Waals surface area contributed by atoms with E-state index >= 15 is 0 Å². The molecule has 0 saturated heterocycles. The van der Waals surface area contributed by atoms with E-state index in [2.05, 4.69) is 16.7 Å². The van der Waals surface area contributed by atoms with Crippen molar-refractivity contribution in [2.45, 2.75) is 18.9 Å². The van der Waals surface area contributed by atoms with E-state index in [1.165, 1.54) is 17.7 Å². The first-order valence-electron chi connectivity index (χ1n) is 6.63. The lowest BCUT2D eigenvalue weighted by Crippen LogP contribution is -2.37. The minimum Gasteiger partial charge on any atom is -0.373 e. The number of rotatable bonds is 2. The summed E-state index contributed by atoms with van der Waals surface area (Å²) in [6, 6.07) is 13.5. The second-order valence-corrected chi connectivity index (χ2v) is 4.89. The standard InChI is InChI=1S/C16H15FN2O/c17-12-6-8-13(9-7-12)18-16(20)15-10-5-11-3-1-2-4-14(11)19-15/h1-4,6-9,15,19H,5,10H2,(H,18,20)/t15-/m0/s1. The summed E-state index contributed by atoms with van der Waals surface area (Å²) in [7, 11) is 0. The Kier molecular flexibility index (Phi) is 3.37. The van der Waals surface area contributed by atoms with Crippen molar-refractivity contribution in [1.82, 2.24) is 0 Å². The van der Waals surface area contributed by atoms with Crippen LogP contribution in [0.4, 0.5) is 15.8 Å². The first-order valence-corrected chi connectivity index (χ1v) is 6.63. The zero-order valence-corrected chi connectivity index (χ0v) is 10.9. The number of carbonyl (C=O) groups is 1. The minimum atomic E-state index is -0.312. The van der Waals surface area contributed by atoms with Gasteiger partial charge < -0.3 is 10.6 Å². The molecule has 0 unspecified atom stereocenters. The second-order valence-electron chi connectivity index (χ2n) is 4.89. The molecule has 0 radical (unpaired) electrons. The molecule has 0 aliphatic carbocycles. The van der Waals surface area contributed by atoms with E-state index in [1.54, 1.807) is 12.1 Å².